The second-order valence-electron chi connectivity index (χ2n) is 7.61. The highest BCUT2D eigenvalue weighted by molar-refractivity contribution is 6.21. The van der Waals surface area contributed by atoms with E-state index in [2.05, 4.69) is 0 Å². The second kappa shape index (κ2) is 8.58. The van der Waals surface area contributed by atoms with Crippen molar-refractivity contribution in [2.45, 2.75) is 31.5 Å². The Labute approximate surface area is 179 Å². The normalized spacial score (nSPS) is 27.8. The number of nitrogens with zero attached hydrogens (tertiary/aromatic N) is 1. The molecule has 2 aromatic carbocycles. The number of ether oxygens (including phenoxy) is 3. The number of hydrogen-bond donors (Lipinski definition) is 1. The van der Waals surface area contributed by atoms with Gasteiger partial charge in [0.15, 0.2) is 6.29 Å². The van der Waals surface area contributed by atoms with Crippen LogP contribution >= 0.6 is 0 Å². The van der Waals surface area contributed by atoms with Gasteiger partial charge in [0.1, 0.15) is 12.6 Å². The number of imide groups is 1. The van der Waals surface area contributed by atoms with E-state index in [-0.39, 0.29) is 17.7 Å². The van der Waals surface area contributed by atoms with Crippen LogP contribution in [0.25, 0.3) is 0 Å². The molecule has 2 aliphatic rings. The first-order chi connectivity index (χ1) is 14.9. The van der Waals surface area contributed by atoms with Gasteiger partial charge in [-0.3, -0.25) is 14.5 Å². The molecule has 1 fully saturated rings. The molecule has 5 atom stereocenters. The van der Waals surface area contributed by atoms with E-state index in [0.717, 1.165) is 4.90 Å². The third-order valence-electron chi connectivity index (χ3n) is 5.81. The van der Waals surface area contributed by atoms with Crippen LogP contribution in [0.2, 0.25) is 0 Å². The Morgan fingerprint density at radius 2 is 1.61 bits per heavy atom. The van der Waals surface area contributed by atoms with E-state index in [4.69, 9.17) is 14.2 Å². The Bertz CT molecular complexity index is 955. The number of benzene rings is 2. The largest absolute Gasteiger partial charge is 0.459 e. The zero-order chi connectivity index (χ0) is 22.1. The number of aliphatic hydroxyl groups is 1. The predicted octanol–water partition coefficient (Wildman–Crippen LogP) is 1.88. The summed E-state index contributed by atoms with van der Waals surface area (Å²) < 4.78 is 16.7. The summed E-state index contributed by atoms with van der Waals surface area (Å²) in [5.74, 6) is -2.06. The van der Waals surface area contributed by atoms with Crippen molar-refractivity contribution in [3.05, 3.63) is 71.3 Å². The van der Waals surface area contributed by atoms with Crippen LogP contribution < -0.4 is 0 Å². The van der Waals surface area contributed by atoms with Crippen LogP contribution in [0.5, 0.6) is 0 Å². The molecule has 0 aliphatic carbocycles. The summed E-state index contributed by atoms with van der Waals surface area (Å²) in [6, 6.07) is 14.0. The molecule has 0 bridgehead atoms. The number of carbonyl (C=O) groups is 3. The third kappa shape index (κ3) is 3.74. The number of rotatable bonds is 5. The number of amides is 2. The number of fused-ring (bicyclic) bond motifs is 1. The standard InChI is InChI=1S/C23H23NO7/c1-13-17(12-30-22(28)14-8-4-3-5-9-14)31-23(29-2)18(19(13)25)24-20(26)15-10-6-7-11-16(15)21(24)27/h3-11,13,17-19,23,25H,12H2,1-2H3. The SMILES string of the molecule is COC1OC(COC(=O)c2ccccc2)C(C)C(O)C1N1C(=O)c2ccccc2C1=O. The van der Waals surface area contributed by atoms with Gasteiger partial charge in [0.25, 0.3) is 11.8 Å². The van der Waals surface area contributed by atoms with Crippen molar-refractivity contribution in [3.63, 3.8) is 0 Å². The Morgan fingerprint density at radius 3 is 2.19 bits per heavy atom. The molecule has 5 unspecified atom stereocenters. The molecule has 31 heavy (non-hydrogen) atoms. The fraction of sp³-hybridized carbons (Fsp3) is 0.348. The molecule has 0 spiro atoms. The van der Waals surface area contributed by atoms with Gasteiger partial charge in [0.05, 0.1) is 28.9 Å². The number of carbonyl (C=O) groups excluding carboxylic acids is 3. The lowest BCUT2D eigenvalue weighted by Crippen LogP contribution is -2.63. The van der Waals surface area contributed by atoms with Gasteiger partial charge in [-0.05, 0) is 24.3 Å². The summed E-state index contributed by atoms with van der Waals surface area (Å²) in [7, 11) is 1.37. The molecule has 0 aromatic heterocycles. The number of aliphatic hydroxyl groups excluding tert-OH is 1. The highest BCUT2D eigenvalue weighted by Crippen LogP contribution is 2.34. The van der Waals surface area contributed by atoms with E-state index >= 15 is 0 Å². The van der Waals surface area contributed by atoms with E-state index in [1.165, 1.54) is 7.11 Å². The molecule has 162 valence electrons. The Balaban J connectivity index is 1.50. The number of methoxy groups -OCH3 is 1. The molecule has 2 aromatic rings. The topological polar surface area (TPSA) is 102 Å². The second-order valence-corrected chi connectivity index (χ2v) is 7.61. The zero-order valence-electron chi connectivity index (χ0n) is 17.1. The Hall–Kier alpha value is -3.07. The first-order valence-corrected chi connectivity index (χ1v) is 9.99. The molecule has 2 aliphatic heterocycles. The summed E-state index contributed by atoms with van der Waals surface area (Å²) in [6.45, 7) is 1.60. The molecule has 4 rings (SSSR count). The minimum atomic E-state index is -1.14. The highest BCUT2D eigenvalue weighted by Gasteiger charge is 2.52. The first kappa shape index (κ1) is 21.2. The molecular formula is C23H23NO7. The quantitative estimate of drug-likeness (QED) is 0.576. The van der Waals surface area contributed by atoms with Gasteiger partial charge in [0.2, 0.25) is 0 Å². The van der Waals surface area contributed by atoms with Crippen LogP contribution in [0, 0.1) is 5.92 Å². The molecule has 0 radical (unpaired) electrons. The number of hydrogen-bond acceptors (Lipinski definition) is 7. The van der Waals surface area contributed by atoms with Gasteiger partial charge in [-0.25, -0.2) is 4.79 Å². The minimum absolute atomic E-state index is 0.110. The van der Waals surface area contributed by atoms with Crippen molar-refractivity contribution in [2.24, 2.45) is 5.92 Å². The maximum atomic E-state index is 12.9. The fourth-order valence-corrected chi connectivity index (χ4v) is 4.02. The highest BCUT2D eigenvalue weighted by atomic mass is 16.7. The van der Waals surface area contributed by atoms with Crippen LogP contribution in [0.3, 0.4) is 0 Å². The molecule has 1 N–H and O–H groups in total. The first-order valence-electron chi connectivity index (χ1n) is 9.99. The maximum Gasteiger partial charge on any atom is 0.338 e. The number of esters is 1. The summed E-state index contributed by atoms with van der Waals surface area (Å²) in [4.78, 5) is 39.0. The van der Waals surface area contributed by atoms with Crippen molar-refractivity contribution in [1.82, 2.24) is 4.90 Å². The Morgan fingerprint density at radius 1 is 1.03 bits per heavy atom. The molecule has 8 heteroatoms. The van der Waals surface area contributed by atoms with Crippen molar-refractivity contribution in [1.29, 1.82) is 0 Å². The van der Waals surface area contributed by atoms with Crippen LogP contribution in [-0.2, 0) is 14.2 Å². The van der Waals surface area contributed by atoms with E-state index in [0.29, 0.717) is 5.56 Å². The van der Waals surface area contributed by atoms with Crippen molar-refractivity contribution in [2.75, 3.05) is 13.7 Å². The van der Waals surface area contributed by atoms with Gasteiger partial charge < -0.3 is 19.3 Å². The zero-order valence-corrected chi connectivity index (χ0v) is 17.1. The summed E-state index contributed by atoms with van der Waals surface area (Å²) in [5, 5.41) is 11.0. The van der Waals surface area contributed by atoms with Crippen LogP contribution in [0.15, 0.2) is 54.6 Å². The van der Waals surface area contributed by atoms with Crippen LogP contribution in [0.1, 0.15) is 38.0 Å². The van der Waals surface area contributed by atoms with Gasteiger partial charge in [-0.1, -0.05) is 37.3 Å². The molecule has 0 saturated carbocycles. The molecule has 2 amide bonds. The predicted molar refractivity (Wildman–Crippen MR) is 108 cm³/mol. The van der Waals surface area contributed by atoms with Crippen molar-refractivity contribution in [3.8, 4) is 0 Å². The third-order valence-corrected chi connectivity index (χ3v) is 5.81. The van der Waals surface area contributed by atoms with Crippen LogP contribution in [0.4, 0.5) is 0 Å². The van der Waals surface area contributed by atoms with Crippen LogP contribution in [-0.4, -0.2) is 66.0 Å². The van der Waals surface area contributed by atoms with E-state index in [1.54, 1.807) is 61.5 Å². The lowest BCUT2D eigenvalue weighted by molar-refractivity contribution is -0.255. The lowest BCUT2D eigenvalue weighted by Gasteiger charge is -2.45. The summed E-state index contributed by atoms with van der Waals surface area (Å²) >= 11 is 0. The maximum absolute atomic E-state index is 12.9. The van der Waals surface area contributed by atoms with Crippen molar-refractivity contribution < 1.29 is 33.7 Å². The van der Waals surface area contributed by atoms with E-state index in [9.17, 15) is 19.5 Å². The molecular weight excluding hydrogens is 402 g/mol. The van der Waals surface area contributed by atoms with Gasteiger partial charge >= 0.3 is 5.97 Å². The molecule has 8 nitrogen and oxygen atoms in total. The van der Waals surface area contributed by atoms with E-state index in [1.807, 2.05) is 0 Å². The average molecular weight is 425 g/mol. The average Bonchev–Trinajstić information content (AvgIpc) is 3.05. The monoisotopic (exact) mass is 425 g/mol. The van der Waals surface area contributed by atoms with Gasteiger partial charge in [0, 0.05) is 13.0 Å². The Kier molecular flexibility index (Phi) is 5.86. The molecule has 1 saturated heterocycles. The fourth-order valence-electron chi connectivity index (χ4n) is 4.02. The lowest BCUT2D eigenvalue weighted by atomic mass is 9.88. The smallest absolute Gasteiger partial charge is 0.338 e. The summed E-state index contributed by atoms with van der Waals surface area (Å²) in [5.41, 5.74) is 0.959. The minimum Gasteiger partial charge on any atom is -0.459 e. The van der Waals surface area contributed by atoms with Crippen molar-refractivity contribution >= 4 is 17.8 Å². The van der Waals surface area contributed by atoms with E-state index < -0.39 is 48.2 Å². The summed E-state index contributed by atoms with van der Waals surface area (Å²) in [6.07, 6.45) is -2.89. The van der Waals surface area contributed by atoms with Gasteiger partial charge in [-0.2, -0.15) is 0 Å². The molecule has 2 heterocycles. The van der Waals surface area contributed by atoms with Gasteiger partial charge in [-0.15, -0.1) is 0 Å².